The zero-order chi connectivity index (χ0) is 15.3. The van der Waals surface area contributed by atoms with Gasteiger partial charge in [0.2, 0.25) is 5.91 Å². The van der Waals surface area contributed by atoms with Crippen LogP contribution in [0.1, 0.15) is 54.4 Å². The van der Waals surface area contributed by atoms with Gasteiger partial charge >= 0.3 is 0 Å². The molecule has 1 saturated heterocycles. The van der Waals surface area contributed by atoms with Crippen molar-refractivity contribution < 1.29 is 4.79 Å². The largest absolute Gasteiger partial charge is 0.341 e. The fourth-order valence-corrected chi connectivity index (χ4v) is 2.85. The second-order valence-corrected chi connectivity index (χ2v) is 7.64. The zero-order valence-corrected chi connectivity index (χ0v) is 14.3. The maximum absolute atomic E-state index is 12.4. The van der Waals surface area contributed by atoms with Crippen molar-refractivity contribution in [3.63, 3.8) is 0 Å². The van der Waals surface area contributed by atoms with E-state index in [0.29, 0.717) is 42.0 Å². The molecule has 0 saturated carbocycles. The maximum Gasteiger partial charge on any atom is 0.222 e. The van der Waals surface area contributed by atoms with Crippen LogP contribution in [0.15, 0.2) is 0 Å². The van der Waals surface area contributed by atoms with Crippen LogP contribution in [0.3, 0.4) is 0 Å². The number of carbonyl (C=O) groups is 1. The van der Waals surface area contributed by atoms with Gasteiger partial charge in [0, 0.05) is 25.6 Å². The second kappa shape index (κ2) is 8.02. The van der Waals surface area contributed by atoms with E-state index >= 15 is 0 Å². The van der Waals surface area contributed by atoms with Crippen molar-refractivity contribution in [2.75, 3.05) is 19.6 Å². The van der Waals surface area contributed by atoms with E-state index in [1.54, 1.807) is 0 Å². The third kappa shape index (κ3) is 5.82. The molecule has 0 aliphatic carbocycles. The Hall–Kier alpha value is -0.570. The van der Waals surface area contributed by atoms with Gasteiger partial charge in [-0.05, 0) is 36.6 Å². The number of nitrogens with one attached hydrogen (secondary N) is 1. The number of hydrogen-bond donors (Lipinski definition) is 1. The maximum atomic E-state index is 12.4. The number of carbonyl (C=O) groups excluding carboxylic acids is 1. The predicted octanol–water partition coefficient (Wildman–Crippen LogP) is 3.15. The molecule has 1 heterocycles. The lowest BCUT2D eigenvalue weighted by Gasteiger charge is -2.40. The highest BCUT2D eigenvalue weighted by atomic mass is 16.2. The van der Waals surface area contributed by atoms with Crippen LogP contribution in [0.2, 0.25) is 0 Å². The van der Waals surface area contributed by atoms with E-state index in [1.807, 2.05) is 0 Å². The fourth-order valence-electron chi connectivity index (χ4n) is 2.85. The van der Waals surface area contributed by atoms with Crippen molar-refractivity contribution in [1.82, 2.24) is 10.2 Å². The summed E-state index contributed by atoms with van der Waals surface area (Å²) in [6.45, 7) is 16.1. The Morgan fingerprint density at radius 3 is 2.25 bits per heavy atom. The van der Waals surface area contributed by atoms with Crippen LogP contribution in [-0.2, 0) is 4.79 Å². The van der Waals surface area contributed by atoms with Crippen LogP contribution in [0.4, 0.5) is 0 Å². The quantitative estimate of drug-likeness (QED) is 0.811. The monoisotopic (exact) mass is 282 g/mol. The summed E-state index contributed by atoms with van der Waals surface area (Å²) in [7, 11) is 0. The standard InChI is InChI=1S/C17H34N2O/c1-12(2)7-17(20)19-10-15(14(5)6)8-16(11-19)18-9-13(3)4/h12-16,18H,7-11H2,1-6H3. The van der Waals surface area contributed by atoms with Crippen molar-refractivity contribution in [3.8, 4) is 0 Å². The molecule has 1 rings (SSSR count). The summed E-state index contributed by atoms with van der Waals surface area (Å²) in [6.07, 6.45) is 1.89. The van der Waals surface area contributed by atoms with Crippen molar-refractivity contribution >= 4 is 5.91 Å². The Morgan fingerprint density at radius 2 is 1.75 bits per heavy atom. The highest BCUT2D eigenvalue weighted by Gasteiger charge is 2.31. The highest BCUT2D eigenvalue weighted by Crippen LogP contribution is 2.25. The number of likely N-dealkylation sites (tertiary alicyclic amines) is 1. The van der Waals surface area contributed by atoms with Gasteiger partial charge in [-0.2, -0.15) is 0 Å². The molecule has 0 aromatic carbocycles. The molecule has 2 atom stereocenters. The van der Waals surface area contributed by atoms with Gasteiger partial charge in [-0.25, -0.2) is 0 Å². The Kier molecular flexibility index (Phi) is 7.01. The van der Waals surface area contributed by atoms with Gasteiger partial charge in [-0.3, -0.25) is 4.79 Å². The number of nitrogens with zero attached hydrogens (tertiary/aromatic N) is 1. The molecule has 0 radical (unpaired) electrons. The number of amides is 1. The fraction of sp³-hybridized carbons (Fsp3) is 0.941. The Balaban J connectivity index is 2.62. The van der Waals surface area contributed by atoms with E-state index in [1.165, 1.54) is 6.42 Å². The first-order valence-corrected chi connectivity index (χ1v) is 8.30. The second-order valence-electron chi connectivity index (χ2n) is 7.64. The lowest BCUT2D eigenvalue weighted by molar-refractivity contribution is -0.134. The average molecular weight is 282 g/mol. The molecule has 1 aliphatic rings. The van der Waals surface area contributed by atoms with Crippen molar-refractivity contribution in [3.05, 3.63) is 0 Å². The molecule has 0 bridgehead atoms. The lowest BCUT2D eigenvalue weighted by atomic mass is 9.85. The van der Waals surface area contributed by atoms with E-state index in [0.717, 1.165) is 19.6 Å². The van der Waals surface area contributed by atoms with Crippen LogP contribution in [0, 0.1) is 23.7 Å². The Bertz CT molecular complexity index is 299. The lowest BCUT2D eigenvalue weighted by Crippen LogP contribution is -2.52. The number of piperidine rings is 1. The van der Waals surface area contributed by atoms with Gasteiger partial charge in [0.05, 0.1) is 0 Å². The van der Waals surface area contributed by atoms with Gasteiger partial charge < -0.3 is 10.2 Å². The summed E-state index contributed by atoms with van der Waals surface area (Å²) in [5, 5.41) is 3.65. The van der Waals surface area contributed by atoms with Crippen molar-refractivity contribution in [2.24, 2.45) is 23.7 Å². The molecule has 3 nitrogen and oxygen atoms in total. The van der Waals surface area contributed by atoms with E-state index < -0.39 is 0 Å². The molecule has 1 N–H and O–H groups in total. The van der Waals surface area contributed by atoms with Crippen LogP contribution in [0.5, 0.6) is 0 Å². The van der Waals surface area contributed by atoms with Gasteiger partial charge in [0.25, 0.3) is 0 Å². The summed E-state index contributed by atoms with van der Waals surface area (Å²) < 4.78 is 0. The first kappa shape index (κ1) is 17.5. The van der Waals surface area contributed by atoms with Crippen LogP contribution in [0.25, 0.3) is 0 Å². The summed E-state index contributed by atoms with van der Waals surface area (Å²) in [5.74, 6) is 2.72. The zero-order valence-electron chi connectivity index (χ0n) is 14.3. The predicted molar refractivity (Wildman–Crippen MR) is 85.6 cm³/mol. The minimum Gasteiger partial charge on any atom is -0.341 e. The normalized spacial score (nSPS) is 23.9. The van der Waals surface area contributed by atoms with Gasteiger partial charge in [0.1, 0.15) is 0 Å². The molecular formula is C17H34N2O. The Morgan fingerprint density at radius 1 is 1.10 bits per heavy atom. The molecule has 1 aliphatic heterocycles. The third-order valence-corrected chi connectivity index (χ3v) is 4.18. The summed E-state index contributed by atoms with van der Waals surface area (Å²) in [6, 6.07) is 0.467. The average Bonchev–Trinajstić information content (AvgIpc) is 2.35. The van der Waals surface area contributed by atoms with Crippen molar-refractivity contribution in [1.29, 1.82) is 0 Å². The van der Waals surface area contributed by atoms with E-state index in [-0.39, 0.29) is 0 Å². The summed E-state index contributed by atoms with van der Waals surface area (Å²) in [4.78, 5) is 14.5. The summed E-state index contributed by atoms with van der Waals surface area (Å²) in [5.41, 5.74) is 0. The molecule has 1 amide bonds. The van der Waals surface area contributed by atoms with Gasteiger partial charge in [-0.15, -0.1) is 0 Å². The van der Waals surface area contributed by atoms with Crippen LogP contribution in [-0.4, -0.2) is 36.5 Å². The third-order valence-electron chi connectivity index (χ3n) is 4.18. The molecule has 0 aromatic heterocycles. The molecule has 20 heavy (non-hydrogen) atoms. The molecule has 2 unspecified atom stereocenters. The topological polar surface area (TPSA) is 32.3 Å². The first-order chi connectivity index (χ1) is 9.29. The van der Waals surface area contributed by atoms with Crippen molar-refractivity contribution in [2.45, 2.75) is 60.4 Å². The van der Waals surface area contributed by atoms with E-state index in [4.69, 9.17) is 0 Å². The smallest absolute Gasteiger partial charge is 0.222 e. The molecular weight excluding hydrogens is 248 g/mol. The van der Waals surface area contributed by atoms with E-state index in [9.17, 15) is 4.79 Å². The summed E-state index contributed by atoms with van der Waals surface area (Å²) >= 11 is 0. The molecule has 0 spiro atoms. The first-order valence-electron chi connectivity index (χ1n) is 8.30. The van der Waals surface area contributed by atoms with Gasteiger partial charge in [-0.1, -0.05) is 41.5 Å². The van der Waals surface area contributed by atoms with Gasteiger partial charge in [0.15, 0.2) is 0 Å². The van der Waals surface area contributed by atoms with E-state index in [2.05, 4.69) is 51.8 Å². The number of rotatable bonds is 6. The SMILES string of the molecule is CC(C)CNC1CC(C(C)C)CN(C(=O)CC(C)C)C1. The Labute approximate surface area is 125 Å². The van der Waals surface area contributed by atoms with Crippen LogP contribution < -0.4 is 5.32 Å². The minimum absolute atomic E-state index is 0.335. The minimum atomic E-state index is 0.335. The molecule has 1 fully saturated rings. The molecule has 0 aromatic rings. The number of hydrogen-bond acceptors (Lipinski definition) is 2. The van der Waals surface area contributed by atoms with Crippen LogP contribution >= 0.6 is 0 Å². The molecule has 3 heteroatoms. The highest BCUT2D eigenvalue weighted by molar-refractivity contribution is 5.76. The molecule has 118 valence electrons.